The molecule has 0 saturated heterocycles. The monoisotopic (exact) mass is 407 g/mol. The summed E-state index contributed by atoms with van der Waals surface area (Å²) in [5.41, 5.74) is -0.389. The number of carbonyl (C=O) groups is 3. The van der Waals surface area contributed by atoms with Crippen molar-refractivity contribution in [1.29, 1.82) is 0 Å². The second-order valence-electron chi connectivity index (χ2n) is 6.96. The number of ether oxygens (including phenoxy) is 2. The van der Waals surface area contributed by atoms with E-state index in [1.54, 1.807) is 38.1 Å². The Hall–Kier alpha value is -2.67. The minimum absolute atomic E-state index is 0.0445. The summed E-state index contributed by atoms with van der Waals surface area (Å²) in [6.45, 7) is 5.96. The summed E-state index contributed by atoms with van der Waals surface area (Å²) in [5, 5.41) is 10.1. The zero-order valence-corrected chi connectivity index (χ0v) is 17.0. The van der Waals surface area contributed by atoms with Gasteiger partial charge in [-0.05, 0) is 39.3 Å². The molecule has 2 rings (SSSR count). The van der Waals surface area contributed by atoms with E-state index in [0.717, 1.165) is 0 Å². The van der Waals surface area contributed by atoms with Crippen LogP contribution in [0, 0.1) is 5.92 Å². The number of methoxy groups -OCH3 is 1. The maximum atomic E-state index is 13.0. The molecule has 0 aromatic heterocycles. The number of nitrogens with zero attached hydrogens (tertiary/aromatic N) is 1. The summed E-state index contributed by atoms with van der Waals surface area (Å²) < 4.78 is 10.0. The van der Waals surface area contributed by atoms with Crippen LogP contribution in [0.25, 0.3) is 0 Å². The quantitative estimate of drug-likeness (QED) is 0.751. The molecule has 1 N–H and O–H groups in total. The van der Waals surface area contributed by atoms with Gasteiger partial charge in [0.15, 0.2) is 0 Å². The zero-order chi connectivity index (χ0) is 21.2. The highest BCUT2D eigenvalue weighted by Crippen LogP contribution is 2.42. The van der Waals surface area contributed by atoms with Gasteiger partial charge in [0.05, 0.1) is 12.7 Å². The second kappa shape index (κ2) is 8.14. The number of carbonyl (C=O) groups excluding carboxylic acids is 2. The van der Waals surface area contributed by atoms with Crippen LogP contribution in [0.3, 0.4) is 0 Å². The Kier molecular flexibility index (Phi) is 6.29. The number of aliphatic imine (C=N–C) groups is 1. The first-order valence-electron chi connectivity index (χ1n) is 8.56. The molecule has 0 bridgehead atoms. The Morgan fingerprint density at radius 1 is 1.18 bits per heavy atom. The van der Waals surface area contributed by atoms with Crippen LogP contribution < -0.4 is 0 Å². The molecule has 0 amide bonds. The molecule has 1 aromatic carbocycles. The fourth-order valence-electron chi connectivity index (χ4n) is 3.26. The van der Waals surface area contributed by atoms with Crippen molar-refractivity contribution in [2.24, 2.45) is 10.9 Å². The van der Waals surface area contributed by atoms with Gasteiger partial charge in [0.25, 0.3) is 0 Å². The largest absolute Gasteiger partial charge is 0.481 e. The molecule has 1 aliphatic rings. The van der Waals surface area contributed by atoms with Crippen molar-refractivity contribution in [3.8, 4) is 0 Å². The number of carboxylic acid groups (broad SMARTS) is 1. The highest BCUT2D eigenvalue weighted by atomic mass is 35.5. The number of aliphatic carboxylic acids is 1. The Morgan fingerprint density at radius 3 is 2.32 bits per heavy atom. The van der Waals surface area contributed by atoms with Crippen molar-refractivity contribution < 1.29 is 29.0 Å². The smallest absolute Gasteiger partial charge is 0.349 e. The lowest BCUT2D eigenvalue weighted by molar-refractivity contribution is -0.174. The van der Waals surface area contributed by atoms with Crippen LogP contribution in [-0.2, 0) is 23.9 Å². The standard InChI is InChI=1S/C20H22ClNO6/c1-10-14(17(23)24)16(12-8-6-7-9-13(12)21)15(11(2)22-10)18(25)28-20(3,4)19(26)27-5/h6-9,14,16H,1-5H3,(H,23,24). The molecule has 28 heavy (non-hydrogen) atoms. The molecule has 7 nitrogen and oxygen atoms in total. The molecule has 0 aliphatic carbocycles. The topological polar surface area (TPSA) is 102 Å². The zero-order valence-electron chi connectivity index (χ0n) is 16.3. The average Bonchev–Trinajstić information content (AvgIpc) is 2.59. The van der Waals surface area contributed by atoms with Gasteiger partial charge >= 0.3 is 17.9 Å². The lowest BCUT2D eigenvalue weighted by Gasteiger charge is -2.32. The minimum atomic E-state index is -1.56. The summed E-state index contributed by atoms with van der Waals surface area (Å²) in [5.74, 6) is -4.74. The van der Waals surface area contributed by atoms with Gasteiger partial charge in [-0.15, -0.1) is 0 Å². The van der Waals surface area contributed by atoms with E-state index in [2.05, 4.69) is 9.73 Å². The average molecular weight is 408 g/mol. The van der Waals surface area contributed by atoms with Gasteiger partial charge in [0.2, 0.25) is 5.60 Å². The van der Waals surface area contributed by atoms with E-state index in [0.29, 0.717) is 22.0 Å². The molecular formula is C20H22ClNO6. The minimum Gasteiger partial charge on any atom is -0.481 e. The predicted molar refractivity (Wildman–Crippen MR) is 103 cm³/mol. The number of halogens is 1. The van der Waals surface area contributed by atoms with Gasteiger partial charge in [-0.1, -0.05) is 29.8 Å². The van der Waals surface area contributed by atoms with Gasteiger partial charge in [-0.25, -0.2) is 9.59 Å². The Morgan fingerprint density at radius 2 is 1.79 bits per heavy atom. The summed E-state index contributed by atoms with van der Waals surface area (Å²) >= 11 is 6.32. The van der Waals surface area contributed by atoms with E-state index < -0.39 is 35.3 Å². The number of rotatable bonds is 5. The van der Waals surface area contributed by atoms with E-state index >= 15 is 0 Å². The SMILES string of the molecule is COC(=O)C(C)(C)OC(=O)C1=C(C)N=C(C)C(C(=O)O)C1c1ccccc1Cl. The molecular weight excluding hydrogens is 386 g/mol. The molecule has 0 fully saturated rings. The molecule has 1 aliphatic heterocycles. The highest BCUT2D eigenvalue weighted by Gasteiger charge is 2.44. The third kappa shape index (κ3) is 4.09. The summed E-state index contributed by atoms with van der Waals surface area (Å²) in [6.07, 6.45) is 0. The van der Waals surface area contributed by atoms with Crippen LogP contribution in [0.1, 0.15) is 39.2 Å². The number of hydrogen-bond acceptors (Lipinski definition) is 6. The summed E-state index contributed by atoms with van der Waals surface area (Å²) in [6, 6.07) is 6.69. The van der Waals surface area contributed by atoms with E-state index in [9.17, 15) is 19.5 Å². The van der Waals surface area contributed by atoms with Crippen LogP contribution in [0.4, 0.5) is 0 Å². The van der Waals surface area contributed by atoms with Crippen molar-refractivity contribution in [1.82, 2.24) is 0 Å². The summed E-state index contributed by atoms with van der Waals surface area (Å²) in [7, 11) is 1.18. The summed E-state index contributed by atoms with van der Waals surface area (Å²) in [4.78, 5) is 41.2. The van der Waals surface area contributed by atoms with Crippen LogP contribution in [-0.4, -0.2) is 41.4 Å². The number of carboxylic acids is 1. The van der Waals surface area contributed by atoms with Crippen molar-refractivity contribution in [2.75, 3.05) is 7.11 Å². The molecule has 0 saturated carbocycles. The fraction of sp³-hybridized carbons (Fsp3) is 0.400. The van der Waals surface area contributed by atoms with Crippen LogP contribution in [0.2, 0.25) is 5.02 Å². The van der Waals surface area contributed by atoms with Crippen LogP contribution in [0.15, 0.2) is 40.5 Å². The first-order chi connectivity index (χ1) is 13.0. The molecule has 0 spiro atoms. The van der Waals surface area contributed by atoms with Gasteiger partial charge in [0.1, 0.15) is 5.92 Å². The highest BCUT2D eigenvalue weighted by molar-refractivity contribution is 6.31. The molecule has 150 valence electrons. The van der Waals surface area contributed by atoms with Crippen molar-refractivity contribution >= 4 is 35.2 Å². The Balaban J connectivity index is 2.61. The van der Waals surface area contributed by atoms with Gasteiger partial charge in [-0.3, -0.25) is 9.79 Å². The third-order valence-electron chi connectivity index (χ3n) is 4.58. The van der Waals surface area contributed by atoms with Crippen molar-refractivity contribution in [2.45, 2.75) is 39.2 Å². The van der Waals surface area contributed by atoms with Crippen molar-refractivity contribution in [3.63, 3.8) is 0 Å². The molecule has 2 atom stereocenters. The number of benzene rings is 1. The first-order valence-corrected chi connectivity index (χ1v) is 8.94. The van der Waals surface area contributed by atoms with Crippen LogP contribution in [0.5, 0.6) is 0 Å². The molecule has 1 heterocycles. The lowest BCUT2D eigenvalue weighted by atomic mass is 9.75. The predicted octanol–water partition coefficient (Wildman–Crippen LogP) is 3.37. The van der Waals surface area contributed by atoms with Crippen LogP contribution >= 0.6 is 11.6 Å². The maximum absolute atomic E-state index is 13.0. The molecule has 1 aromatic rings. The first kappa shape index (κ1) is 21.6. The van der Waals surface area contributed by atoms with Gasteiger partial charge in [-0.2, -0.15) is 0 Å². The molecule has 8 heteroatoms. The van der Waals surface area contributed by atoms with Gasteiger partial charge in [0, 0.05) is 22.3 Å². The Bertz CT molecular complexity index is 886. The third-order valence-corrected chi connectivity index (χ3v) is 4.92. The van der Waals surface area contributed by atoms with E-state index in [1.807, 2.05) is 0 Å². The second-order valence-corrected chi connectivity index (χ2v) is 7.37. The van der Waals surface area contributed by atoms with E-state index in [-0.39, 0.29) is 5.57 Å². The number of hydrogen-bond donors (Lipinski definition) is 1. The number of allylic oxidation sites excluding steroid dienone is 1. The number of esters is 2. The van der Waals surface area contributed by atoms with E-state index in [1.165, 1.54) is 21.0 Å². The lowest BCUT2D eigenvalue weighted by Crippen LogP contribution is -2.41. The van der Waals surface area contributed by atoms with Gasteiger partial charge < -0.3 is 14.6 Å². The fourth-order valence-corrected chi connectivity index (χ4v) is 3.51. The Labute approximate surface area is 168 Å². The van der Waals surface area contributed by atoms with Crippen molar-refractivity contribution in [3.05, 3.63) is 46.1 Å². The normalized spacial score (nSPS) is 19.7. The molecule has 0 radical (unpaired) electrons. The maximum Gasteiger partial charge on any atom is 0.349 e. The molecule has 2 unspecified atom stereocenters. The van der Waals surface area contributed by atoms with E-state index in [4.69, 9.17) is 16.3 Å².